The summed E-state index contributed by atoms with van der Waals surface area (Å²) in [7, 11) is 1.32. The van der Waals surface area contributed by atoms with Gasteiger partial charge in [-0.05, 0) is 53.5 Å². The summed E-state index contributed by atoms with van der Waals surface area (Å²) in [4.78, 5) is 27.9. The van der Waals surface area contributed by atoms with Gasteiger partial charge in [0.25, 0.3) is 0 Å². The third kappa shape index (κ3) is 2.81. The first-order valence-corrected chi connectivity index (χ1v) is 10.6. The number of alkyl carbamates (subject to hydrolysis) is 1. The largest absolute Gasteiger partial charge is 0.453 e. The van der Waals surface area contributed by atoms with Crippen molar-refractivity contribution < 1.29 is 19.1 Å². The van der Waals surface area contributed by atoms with Crippen molar-refractivity contribution in [1.82, 2.24) is 5.32 Å². The quantitative estimate of drug-likeness (QED) is 0.854. The second-order valence-electron chi connectivity index (χ2n) is 7.71. The predicted octanol–water partition coefficient (Wildman–Crippen LogP) is 2.09. The number of fused-ring (bicyclic) bond motifs is 4. The molecule has 0 aliphatic carbocycles. The number of carbonyl (C=O) groups excluding carboxylic acids is 2. The number of anilines is 2. The highest BCUT2D eigenvalue weighted by atomic mass is 32.2. The molecule has 1 aromatic carbocycles. The standard InChI is InChI=1S/C19H23N3O4S/c1-25-18(23)20-6-17-16-5-11-4-14(2-3-15(11)22(16)19(24)26-17)21-7-12-9-27-10-13(12)8-21/h2-4,12-13,16-17H,5-10H2,1H3,(H,20,23)/t12?,13?,16-,17-/m0/s1. The van der Waals surface area contributed by atoms with Gasteiger partial charge in [-0.1, -0.05) is 0 Å². The molecule has 144 valence electrons. The van der Waals surface area contributed by atoms with Crippen molar-refractivity contribution in [2.45, 2.75) is 18.6 Å². The van der Waals surface area contributed by atoms with Crippen molar-refractivity contribution in [2.24, 2.45) is 11.8 Å². The molecule has 4 aliphatic heterocycles. The summed E-state index contributed by atoms with van der Waals surface area (Å²) in [6.45, 7) is 2.53. The molecule has 4 atom stereocenters. The monoisotopic (exact) mass is 389 g/mol. The highest BCUT2D eigenvalue weighted by Gasteiger charge is 2.47. The maximum Gasteiger partial charge on any atom is 0.415 e. The average Bonchev–Trinajstić information content (AvgIpc) is 3.39. The Morgan fingerprint density at radius 2 is 2.11 bits per heavy atom. The number of rotatable bonds is 3. The van der Waals surface area contributed by atoms with Crippen LogP contribution in [0.25, 0.3) is 0 Å². The molecule has 3 saturated heterocycles. The fraction of sp³-hybridized carbons (Fsp3) is 0.579. The highest BCUT2D eigenvalue weighted by molar-refractivity contribution is 7.99. The van der Waals surface area contributed by atoms with Gasteiger partial charge in [0.05, 0.1) is 25.4 Å². The van der Waals surface area contributed by atoms with E-state index in [-0.39, 0.29) is 24.8 Å². The summed E-state index contributed by atoms with van der Waals surface area (Å²) in [6, 6.07) is 6.34. The number of carbonyl (C=O) groups is 2. The van der Waals surface area contributed by atoms with Crippen molar-refractivity contribution in [3.05, 3.63) is 23.8 Å². The van der Waals surface area contributed by atoms with Crippen molar-refractivity contribution in [3.63, 3.8) is 0 Å². The third-order valence-electron chi connectivity index (χ3n) is 6.20. The Hall–Kier alpha value is -2.09. The molecule has 0 bridgehead atoms. The number of nitrogens with zero attached hydrogens (tertiary/aromatic N) is 2. The van der Waals surface area contributed by atoms with Crippen molar-refractivity contribution in [1.29, 1.82) is 0 Å². The molecule has 5 rings (SSSR count). The molecule has 1 aromatic rings. The van der Waals surface area contributed by atoms with Crippen LogP contribution in [-0.4, -0.2) is 62.6 Å². The third-order valence-corrected chi connectivity index (χ3v) is 7.53. The van der Waals surface area contributed by atoms with E-state index in [9.17, 15) is 9.59 Å². The Balaban J connectivity index is 1.32. The number of benzene rings is 1. The summed E-state index contributed by atoms with van der Waals surface area (Å²) < 4.78 is 10.1. The van der Waals surface area contributed by atoms with Gasteiger partial charge in [0.2, 0.25) is 0 Å². The molecule has 0 aromatic heterocycles. The predicted molar refractivity (Wildman–Crippen MR) is 104 cm³/mol. The lowest BCUT2D eigenvalue weighted by molar-refractivity contribution is 0.123. The Morgan fingerprint density at radius 1 is 1.33 bits per heavy atom. The van der Waals surface area contributed by atoms with Crippen LogP contribution in [0.4, 0.5) is 21.0 Å². The van der Waals surface area contributed by atoms with Crippen molar-refractivity contribution in [2.75, 3.05) is 48.0 Å². The number of hydrogen-bond donors (Lipinski definition) is 1. The smallest absolute Gasteiger partial charge is 0.415 e. The van der Waals surface area contributed by atoms with Crippen LogP contribution in [0.2, 0.25) is 0 Å². The topological polar surface area (TPSA) is 71.1 Å². The molecule has 4 aliphatic rings. The molecule has 0 saturated carbocycles. The van der Waals surface area contributed by atoms with Crippen LogP contribution in [0.5, 0.6) is 0 Å². The van der Waals surface area contributed by atoms with E-state index in [4.69, 9.17) is 4.74 Å². The minimum Gasteiger partial charge on any atom is -0.453 e. The van der Waals surface area contributed by atoms with E-state index in [1.54, 1.807) is 4.90 Å². The first-order chi connectivity index (χ1) is 13.1. The van der Waals surface area contributed by atoms with Crippen LogP contribution >= 0.6 is 11.8 Å². The number of amides is 2. The summed E-state index contributed by atoms with van der Waals surface area (Å²) >= 11 is 2.08. The molecule has 3 fully saturated rings. The van der Waals surface area contributed by atoms with Gasteiger partial charge in [-0.15, -0.1) is 0 Å². The van der Waals surface area contributed by atoms with E-state index in [1.165, 1.54) is 29.9 Å². The summed E-state index contributed by atoms with van der Waals surface area (Å²) in [5.74, 6) is 4.19. The van der Waals surface area contributed by atoms with Crippen LogP contribution in [0.15, 0.2) is 18.2 Å². The lowest BCUT2D eigenvalue weighted by atomic mass is 10.0. The summed E-state index contributed by atoms with van der Waals surface area (Å²) in [5.41, 5.74) is 3.37. The average molecular weight is 389 g/mol. The lowest BCUT2D eigenvalue weighted by Gasteiger charge is -2.21. The number of cyclic esters (lactones) is 1. The molecule has 27 heavy (non-hydrogen) atoms. The number of nitrogens with one attached hydrogen (secondary N) is 1. The molecule has 2 unspecified atom stereocenters. The van der Waals surface area contributed by atoms with Crippen LogP contribution in [0, 0.1) is 11.8 Å². The Labute approximate surface area is 162 Å². The molecule has 4 heterocycles. The fourth-order valence-electron chi connectivity index (χ4n) is 4.79. The highest BCUT2D eigenvalue weighted by Crippen LogP contribution is 2.42. The van der Waals surface area contributed by atoms with Gasteiger partial charge in [-0.2, -0.15) is 11.8 Å². The first kappa shape index (κ1) is 17.0. The second-order valence-corrected chi connectivity index (χ2v) is 8.79. The molecule has 1 N–H and O–H groups in total. The van der Waals surface area contributed by atoms with Crippen LogP contribution in [0.1, 0.15) is 5.56 Å². The lowest BCUT2D eigenvalue weighted by Crippen LogP contribution is -2.40. The van der Waals surface area contributed by atoms with Gasteiger partial charge in [-0.3, -0.25) is 4.90 Å². The molecule has 8 heteroatoms. The van der Waals surface area contributed by atoms with Gasteiger partial charge in [0.1, 0.15) is 6.10 Å². The zero-order valence-corrected chi connectivity index (χ0v) is 16.0. The van der Waals surface area contributed by atoms with Gasteiger partial charge >= 0.3 is 12.2 Å². The van der Waals surface area contributed by atoms with Gasteiger partial charge in [0.15, 0.2) is 0 Å². The van der Waals surface area contributed by atoms with E-state index in [0.717, 1.165) is 37.0 Å². The minimum absolute atomic E-state index is 0.0748. The molecular formula is C19H23N3O4S. The second kappa shape index (κ2) is 6.51. The number of ether oxygens (including phenoxy) is 2. The molecular weight excluding hydrogens is 366 g/mol. The number of methoxy groups -OCH3 is 1. The fourth-order valence-corrected chi connectivity index (χ4v) is 6.29. The molecule has 0 spiro atoms. The van der Waals surface area contributed by atoms with Crippen LogP contribution in [-0.2, 0) is 15.9 Å². The van der Waals surface area contributed by atoms with Gasteiger partial charge in [-0.25, -0.2) is 9.59 Å². The zero-order valence-electron chi connectivity index (χ0n) is 15.2. The Kier molecular flexibility index (Phi) is 4.11. The molecule has 2 amide bonds. The van der Waals surface area contributed by atoms with Crippen molar-refractivity contribution >= 4 is 35.3 Å². The maximum absolute atomic E-state index is 12.4. The first-order valence-electron chi connectivity index (χ1n) is 9.41. The zero-order chi connectivity index (χ0) is 18.5. The van der Waals surface area contributed by atoms with Gasteiger partial charge < -0.3 is 19.7 Å². The molecule has 7 nitrogen and oxygen atoms in total. The Morgan fingerprint density at radius 3 is 2.85 bits per heavy atom. The van der Waals surface area contributed by atoms with E-state index in [1.807, 2.05) is 6.07 Å². The van der Waals surface area contributed by atoms with Crippen LogP contribution < -0.4 is 15.1 Å². The van der Waals surface area contributed by atoms with Crippen molar-refractivity contribution in [3.8, 4) is 0 Å². The summed E-state index contributed by atoms with van der Waals surface area (Å²) in [6.07, 6.45) is -0.467. The minimum atomic E-state index is -0.514. The summed E-state index contributed by atoms with van der Waals surface area (Å²) in [5, 5.41) is 2.64. The van der Waals surface area contributed by atoms with Crippen LogP contribution in [0.3, 0.4) is 0 Å². The molecule has 0 radical (unpaired) electrons. The van der Waals surface area contributed by atoms with E-state index < -0.39 is 6.09 Å². The SMILES string of the molecule is COC(=O)NC[C@@H]1OC(=O)N2c3ccc(N4CC5CSCC5C4)cc3C[C@@H]12. The van der Waals surface area contributed by atoms with E-state index >= 15 is 0 Å². The number of thioether (sulfide) groups is 1. The normalized spacial score (nSPS) is 30.8. The van der Waals surface area contributed by atoms with E-state index in [0.29, 0.717) is 0 Å². The van der Waals surface area contributed by atoms with E-state index in [2.05, 4.69) is 38.8 Å². The maximum atomic E-state index is 12.4. The number of hydrogen-bond acceptors (Lipinski definition) is 6. The Bertz CT molecular complexity index is 776. The van der Waals surface area contributed by atoms with Gasteiger partial charge in [0, 0.05) is 18.8 Å².